The fourth-order valence-electron chi connectivity index (χ4n) is 3.09. The van der Waals surface area contributed by atoms with Crippen LogP contribution in [0.5, 0.6) is 5.75 Å². The predicted molar refractivity (Wildman–Crippen MR) is 113 cm³/mol. The molecule has 0 aliphatic heterocycles. The van der Waals surface area contributed by atoms with Crippen LogP contribution < -0.4 is 15.4 Å². The minimum Gasteiger partial charge on any atom is -0.494 e. The number of carbonyl (C=O) groups excluding carboxylic acids is 2. The van der Waals surface area contributed by atoms with Gasteiger partial charge in [0.2, 0.25) is 5.91 Å². The Morgan fingerprint density at radius 1 is 0.903 bits per heavy atom. The summed E-state index contributed by atoms with van der Waals surface area (Å²) < 4.78 is 32.1. The summed E-state index contributed by atoms with van der Waals surface area (Å²) in [7, 11) is 0. The number of hydrogen-bond acceptors (Lipinski definition) is 3. The Morgan fingerprint density at radius 2 is 1.52 bits per heavy atom. The van der Waals surface area contributed by atoms with Crippen LogP contribution in [0.4, 0.5) is 8.78 Å². The average molecular weight is 424 g/mol. The molecule has 160 valence electrons. The molecule has 2 amide bonds. The first-order chi connectivity index (χ1) is 15.0. The molecule has 3 aromatic rings. The SMILES string of the molecule is CCOc1ccc(C(NC(=O)CNC(=O)c2cc(F)cc(F)c2)c2ccccc2)cc1. The largest absolute Gasteiger partial charge is 0.494 e. The number of ether oxygens (including phenoxy) is 1. The van der Waals surface area contributed by atoms with Crippen molar-refractivity contribution in [1.29, 1.82) is 0 Å². The Bertz CT molecular complexity index is 1020. The zero-order chi connectivity index (χ0) is 22.2. The molecular formula is C24H22F2N2O3. The van der Waals surface area contributed by atoms with Crippen LogP contribution >= 0.6 is 0 Å². The molecule has 0 aliphatic rings. The van der Waals surface area contributed by atoms with Gasteiger partial charge in [-0.1, -0.05) is 42.5 Å². The number of nitrogens with one attached hydrogen (secondary N) is 2. The van der Waals surface area contributed by atoms with Gasteiger partial charge in [0.15, 0.2) is 0 Å². The number of hydrogen-bond donors (Lipinski definition) is 2. The zero-order valence-corrected chi connectivity index (χ0v) is 16.9. The molecule has 1 unspecified atom stereocenters. The van der Waals surface area contributed by atoms with Crippen molar-refractivity contribution in [2.45, 2.75) is 13.0 Å². The van der Waals surface area contributed by atoms with E-state index in [0.717, 1.165) is 29.0 Å². The lowest BCUT2D eigenvalue weighted by atomic mass is 9.98. The summed E-state index contributed by atoms with van der Waals surface area (Å²) in [5.74, 6) is -2.21. The molecular weight excluding hydrogens is 402 g/mol. The highest BCUT2D eigenvalue weighted by molar-refractivity contribution is 5.96. The van der Waals surface area contributed by atoms with Crippen LogP contribution in [-0.2, 0) is 4.79 Å². The first-order valence-electron chi connectivity index (χ1n) is 9.77. The fourth-order valence-corrected chi connectivity index (χ4v) is 3.09. The van der Waals surface area contributed by atoms with E-state index in [1.807, 2.05) is 61.5 Å². The highest BCUT2D eigenvalue weighted by Crippen LogP contribution is 2.24. The van der Waals surface area contributed by atoms with Crippen LogP contribution in [0.3, 0.4) is 0 Å². The van der Waals surface area contributed by atoms with Gasteiger partial charge in [-0.15, -0.1) is 0 Å². The smallest absolute Gasteiger partial charge is 0.251 e. The number of halogens is 2. The Hall–Kier alpha value is -3.74. The third-order valence-corrected chi connectivity index (χ3v) is 4.50. The van der Waals surface area contributed by atoms with E-state index in [0.29, 0.717) is 12.7 Å². The highest BCUT2D eigenvalue weighted by atomic mass is 19.1. The molecule has 2 N–H and O–H groups in total. The standard InChI is InChI=1S/C24H22F2N2O3/c1-2-31-21-10-8-17(9-11-21)23(16-6-4-3-5-7-16)28-22(29)15-27-24(30)18-12-19(25)14-20(26)13-18/h3-14,23H,2,15H2,1H3,(H,27,30)(H,28,29). The van der Waals surface area contributed by atoms with Crippen LogP contribution in [0.1, 0.15) is 34.5 Å². The van der Waals surface area contributed by atoms with Crippen LogP contribution in [0.25, 0.3) is 0 Å². The molecule has 31 heavy (non-hydrogen) atoms. The van der Waals surface area contributed by atoms with E-state index in [2.05, 4.69) is 10.6 Å². The number of rotatable bonds is 8. The summed E-state index contributed by atoms with van der Waals surface area (Å²) in [4.78, 5) is 24.7. The first kappa shape index (κ1) is 22.0. The summed E-state index contributed by atoms with van der Waals surface area (Å²) in [6.45, 7) is 2.10. The lowest BCUT2D eigenvalue weighted by Gasteiger charge is -2.20. The van der Waals surface area contributed by atoms with Gasteiger partial charge in [-0.2, -0.15) is 0 Å². The van der Waals surface area contributed by atoms with Crippen molar-refractivity contribution in [2.75, 3.05) is 13.2 Å². The Labute approximate surface area is 179 Å². The van der Waals surface area contributed by atoms with E-state index in [1.54, 1.807) is 0 Å². The lowest BCUT2D eigenvalue weighted by molar-refractivity contribution is -0.120. The zero-order valence-electron chi connectivity index (χ0n) is 16.9. The molecule has 0 fully saturated rings. The van der Waals surface area contributed by atoms with E-state index in [-0.39, 0.29) is 12.1 Å². The molecule has 3 rings (SSSR count). The second-order valence-corrected chi connectivity index (χ2v) is 6.75. The molecule has 0 aromatic heterocycles. The van der Waals surface area contributed by atoms with Crippen LogP contribution in [0.2, 0.25) is 0 Å². The summed E-state index contributed by atoms with van der Waals surface area (Å²) >= 11 is 0. The Morgan fingerprint density at radius 3 is 2.13 bits per heavy atom. The minimum absolute atomic E-state index is 0.198. The topological polar surface area (TPSA) is 67.4 Å². The number of carbonyl (C=O) groups is 2. The maximum Gasteiger partial charge on any atom is 0.251 e. The van der Waals surface area contributed by atoms with Gasteiger partial charge in [0, 0.05) is 11.6 Å². The van der Waals surface area contributed by atoms with Gasteiger partial charge >= 0.3 is 0 Å². The maximum atomic E-state index is 13.3. The maximum absolute atomic E-state index is 13.3. The van der Waals surface area contributed by atoms with E-state index in [1.165, 1.54) is 0 Å². The van der Waals surface area contributed by atoms with Gasteiger partial charge in [0.05, 0.1) is 19.2 Å². The Balaban J connectivity index is 1.70. The van der Waals surface area contributed by atoms with E-state index in [9.17, 15) is 18.4 Å². The van der Waals surface area contributed by atoms with Gasteiger partial charge < -0.3 is 15.4 Å². The van der Waals surface area contributed by atoms with Crippen molar-refractivity contribution < 1.29 is 23.1 Å². The van der Waals surface area contributed by atoms with Crippen molar-refractivity contribution in [2.24, 2.45) is 0 Å². The normalized spacial score (nSPS) is 11.5. The molecule has 0 spiro atoms. The minimum atomic E-state index is -0.866. The fraction of sp³-hybridized carbons (Fsp3) is 0.167. The molecule has 0 heterocycles. The molecule has 0 saturated heterocycles. The number of amides is 2. The quantitative estimate of drug-likeness (QED) is 0.575. The highest BCUT2D eigenvalue weighted by Gasteiger charge is 2.18. The van der Waals surface area contributed by atoms with Crippen molar-refractivity contribution in [3.8, 4) is 5.75 Å². The van der Waals surface area contributed by atoms with Gasteiger partial charge in [-0.05, 0) is 42.3 Å². The van der Waals surface area contributed by atoms with Crippen molar-refractivity contribution in [1.82, 2.24) is 10.6 Å². The monoisotopic (exact) mass is 424 g/mol. The van der Waals surface area contributed by atoms with Crippen LogP contribution in [0, 0.1) is 11.6 Å². The lowest BCUT2D eigenvalue weighted by Crippen LogP contribution is -2.39. The Kier molecular flexibility index (Phi) is 7.32. The second kappa shape index (κ2) is 10.3. The third-order valence-electron chi connectivity index (χ3n) is 4.50. The van der Waals surface area contributed by atoms with Gasteiger partial charge in [0.25, 0.3) is 5.91 Å². The van der Waals surface area contributed by atoms with Crippen molar-refractivity contribution >= 4 is 11.8 Å². The first-order valence-corrected chi connectivity index (χ1v) is 9.77. The van der Waals surface area contributed by atoms with E-state index in [4.69, 9.17) is 4.74 Å². The summed E-state index contributed by atoms with van der Waals surface area (Å²) in [5, 5.41) is 5.27. The van der Waals surface area contributed by atoms with Crippen LogP contribution in [0.15, 0.2) is 72.8 Å². The molecule has 1 atom stereocenters. The molecule has 3 aromatic carbocycles. The summed E-state index contributed by atoms with van der Waals surface area (Å²) in [6.07, 6.45) is 0. The third kappa shape index (κ3) is 6.12. The van der Waals surface area contributed by atoms with Gasteiger partial charge in [0.1, 0.15) is 17.4 Å². The van der Waals surface area contributed by atoms with Crippen molar-refractivity contribution in [3.63, 3.8) is 0 Å². The molecule has 0 aliphatic carbocycles. The van der Waals surface area contributed by atoms with E-state index < -0.39 is 29.5 Å². The number of benzene rings is 3. The predicted octanol–water partition coefficient (Wildman–Crippen LogP) is 4.00. The summed E-state index contributed by atoms with van der Waals surface area (Å²) in [5.41, 5.74) is 1.50. The molecule has 0 radical (unpaired) electrons. The molecule has 0 bridgehead atoms. The molecule has 0 saturated carbocycles. The van der Waals surface area contributed by atoms with Crippen molar-refractivity contribution in [3.05, 3.63) is 101 Å². The second-order valence-electron chi connectivity index (χ2n) is 6.75. The van der Waals surface area contributed by atoms with Gasteiger partial charge in [-0.3, -0.25) is 9.59 Å². The molecule has 7 heteroatoms. The van der Waals surface area contributed by atoms with Gasteiger partial charge in [-0.25, -0.2) is 8.78 Å². The average Bonchev–Trinajstić information content (AvgIpc) is 2.76. The van der Waals surface area contributed by atoms with Crippen LogP contribution in [-0.4, -0.2) is 25.0 Å². The summed E-state index contributed by atoms with van der Waals surface area (Å²) in [6, 6.07) is 18.8. The molecule has 5 nitrogen and oxygen atoms in total. The van der Waals surface area contributed by atoms with E-state index >= 15 is 0 Å².